The van der Waals surface area contributed by atoms with E-state index in [1.165, 1.54) is 22.3 Å². The maximum atomic E-state index is 12.8. The van der Waals surface area contributed by atoms with Gasteiger partial charge < -0.3 is 9.80 Å². The summed E-state index contributed by atoms with van der Waals surface area (Å²) in [6.07, 6.45) is 3.52. The molecule has 3 rings (SSSR count). The molecule has 2 aliphatic heterocycles. The summed E-state index contributed by atoms with van der Waals surface area (Å²) in [5.74, 6) is 0.816. The highest BCUT2D eigenvalue weighted by atomic mass is 32.2. The summed E-state index contributed by atoms with van der Waals surface area (Å²) in [4.78, 5) is 21.2. The number of thioether (sulfide) groups is 1. The molecule has 1 aromatic heterocycles. The Morgan fingerprint density at radius 2 is 1.79 bits per heavy atom. The molecular formula is C19H30N4O3S2. The molecule has 156 valence electrons. The van der Waals surface area contributed by atoms with Gasteiger partial charge in [0, 0.05) is 45.5 Å². The predicted octanol–water partition coefficient (Wildman–Crippen LogP) is 1.76. The quantitative estimate of drug-likeness (QED) is 0.668. The summed E-state index contributed by atoms with van der Waals surface area (Å²) in [5.41, 5.74) is 0. The van der Waals surface area contributed by atoms with Gasteiger partial charge in [0.2, 0.25) is 15.9 Å². The summed E-state index contributed by atoms with van der Waals surface area (Å²) in [6.45, 7) is 8.21. The van der Waals surface area contributed by atoms with Crippen molar-refractivity contribution in [3.8, 4) is 0 Å². The molecule has 0 aliphatic carbocycles. The van der Waals surface area contributed by atoms with Gasteiger partial charge in [0.15, 0.2) is 0 Å². The van der Waals surface area contributed by atoms with Gasteiger partial charge in [-0.2, -0.15) is 4.31 Å². The molecular weight excluding hydrogens is 396 g/mol. The van der Waals surface area contributed by atoms with E-state index in [-0.39, 0.29) is 16.1 Å². The van der Waals surface area contributed by atoms with Crippen molar-refractivity contribution in [2.45, 2.75) is 41.9 Å². The van der Waals surface area contributed by atoms with Crippen LogP contribution in [0.2, 0.25) is 0 Å². The van der Waals surface area contributed by atoms with Gasteiger partial charge in [-0.3, -0.25) is 4.79 Å². The molecule has 0 aromatic carbocycles. The summed E-state index contributed by atoms with van der Waals surface area (Å²) < 4.78 is 27.1. The third kappa shape index (κ3) is 5.06. The zero-order valence-electron chi connectivity index (χ0n) is 16.9. The maximum Gasteiger partial charge on any atom is 0.244 e. The Bertz CT molecular complexity index is 769. The van der Waals surface area contributed by atoms with Crippen molar-refractivity contribution in [1.82, 2.24) is 19.1 Å². The van der Waals surface area contributed by atoms with Crippen molar-refractivity contribution in [2.24, 2.45) is 5.92 Å². The lowest BCUT2D eigenvalue weighted by Gasteiger charge is -2.32. The number of hydrogen-bond donors (Lipinski definition) is 0. The molecule has 1 amide bonds. The van der Waals surface area contributed by atoms with Gasteiger partial charge in [-0.1, -0.05) is 18.7 Å². The fraction of sp³-hybridized carbons (Fsp3) is 0.684. The van der Waals surface area contributed by atoms with Crippen molar-refractivity contribution < 1.29 is 13.2 Å². The van der Waals surface area contributed by atoms with E-state index in [9.17, 15) is 13.2 Å². The molecule has 0 N–H and O–H groups in total. The van der Waals surface area contributed by atoms with Crippen molar-refractivity contribution in [3.05, 3.63) is 18.3 Å². The minimum absolute atomic E-state index is 0.132. The summed E-state index contributed by atoms with van der Waals surface area (Å²) in [5, 5.41) is 0.435. The van der Waals surface area contributed by atoms with Crippen LogP contribution in [0, 0.1) is 5.92 Å². The Hall–Kier alpha value is -1.16. The predicted molar refractivity (Wildman–Crippen MR) is 111 cm³/mol. The summed E-state index contributed by atoms with van der Waals surface area (Å²) in [6, 6.07) is 3.30. The fourth-order valence-corrected chi connectivity index (χ4v) is 5.72. The number of piperazine rings is 1. The Labute approximate surface area is 172 Å². The first-order valence-corrected chi connectivity index (χ1v) is 12.2. The van der Waals surface area contributed by atoms with Gasteiger partial charge in [-0.15, -0.1) is 0 Å². The summed E-state index contributed by atoms with van der Waals surface area (Å²) >= 11 is 1.38. The zero-order valence-corrected chi connectivity index (χ0v) is 18.5. The molecule has 1 atom stereocenters. The van der Waals surface area contributed by atoms with Crippen molar-refractivity contribution in [2.75, 3.05) is 46.3 Å². The normalized spacial score (nSPS) is 21.6. The fourth-order valence-electron chi connectivity index (χ4n) is 3.48. The number of hydrogen-bond acceptors (Lipinski definition) is 6. The lowest BCUT2D eigenvalue weighted by molar-refractivity contribution is -0.131. The standard InChI is InChI=1S/C19H30N4O3S2/c1-15-6-8-22(9-7-15)19(24)16(2)27-18-5-4-17(14-20-18)28(25,26)23-12-10-21(3)11-13-23/h4-5,14-16H,6-13H2,1-3H3/t16-/m1/s1. The molecule has 9 heteroatoms. The number of carbonyl (C=O) groups excluding carboxylic acids is 1. The Balaban J connectivity index is 1.60. The van der Waals surface area contributed by atoms with Gasteiger partial charge >= 0.3 is 0 Å². The molecule has 2 fully saturated rings. The van der Waals surface area contributed by atoms with Gasteiger partial charge in [0.25, 0.3) is 0 Å². The molecule has 0 spiro atoms. The lowest BCUT2D eigenvalue weighted by atomic mass is 9.99. The van der Waals surface area contributed by atoms with E-state index >= 15 is 0 Å². The highest BCUT2D eigenvalue weighted by Gasteiger charge is 2.28. The van der Waals surface area contributed by atoms with E-state index in [1.807, 2.05) is 18.9 Å². The molecule has 0 unspecified atom stereocenters. The second-order valence-electron chi connectivity index (χ2n) is 7.81. The molecule has 0 radical (unpaired) electrons. The smallest absolute Gasteiger partial charge is 0.244 e. The van der Waals surface area contributed by atoms with E-state index in [1.54, 1.807) is 12.1 Å². The number of carbonyl (C=O) groups is 1. The number of likely N-dealkylation sites (N-methyl/N-ethyl adjacent to an activating group) is 1. The number of nitrogens with zero attached hydrogens (tertiary/aromatic N) is 4. The van der Waals surface area contributed by atoms with E-state index in [0.29, 0.717) is 24.0 Å². The Kier molecular flexibility index (Phi) is 7.01. The van der Waals surface area contributed by atoms with Crippen LogP contribution in [0.4, 0.5) is 0 Å². The van der Waals surface area contributed by atoms with Crippen molar-refractivity contribution >= 4 is 27.7 Å². The van der Waals surface area contributed by atoms with Crippen LogP contribution in [0.5, 0.6) is 0 Å². The minimum atomic E-state index is -3.51. The number of aromatic nitrogens is 1. The first kappa shape index (κ1) is 21.5. The summed E-state index contributed by atoms with van der Waals surface area (Å²) in [7, 11) is -1.52. The maximum absolute atomic E-state index is 12.8. The third-order valence-electron chi connectivity index (χ3n) is 5.55. The van der Waals surface area contributed by atoms with E-state index in [0.717, 1.165) is 39.0 Å². The van der Waals surface area contributed by atoms with E-state index < -0.39 is 10.0 Å². The molecule has 7 nitrogen and oxygen atoms in total. The monoisotopic (exact) mass is 426 g/mol. The number of sulfonamides is 1. The van der Waals surface area contributed by atoms with Crippen LogP contribution in [0.3, 0.4) is 0 Å². The average Bonchev–Trinajstić information content (AvgIpc) is 2.69. The number of pyridine rings is 1. The molecule has 28 heavy (non-hydrogen) atoms. The molecule has 2 saturated heterocycles. The van der Waals surface area contributed by atoms with E-state index in [2.05, 4.69) is 16.8 Å². The van der Waals surface area contributed by atoms with Crippen molar-refractivity contribution in [3.63, 3.8) is 0 Å². The van der Waals surface area contributed by atoms with Gasteiger partial charge in [0.1, 0.15) is 4.90 Å². The molecule has 3 heterocycles. The first-order chi connectivity index (χ1) is 13.3. The number of piperidine rings is 1. The Morgan fingerprint density at radius 3 is 2.36 bits per heavy atom. The largest absolute Gasteiger partial charge is 0.342 e. The molecule has 2 aliphatic rings. The van der Waals surface area contributed by atoms with E-state index in [4.69, 9.17) is 0 Å². The SMILES string of the molecule is CC1CCN(C(=O)[C@@H](C)Sc2ccc(S(=O)(=O)N3CCN(C)CC3)cn2)CC1. The highest BCUT2D eigenvalue weighted by molar-refractivity contribution is 8.00. The molecule has 1 aromatic rings. The topological polar surface area (TPSA) is 73.8 Å². The van der Waals surface area contributed by atoms with Gasteiger partial charge in [0.05, 0.1) is 10.3 Å². The van der Waals surface area contributed by atoms with Gasteiger partial charge in [-0.05, 0) is 44.9 Å². The number of amides is 1. The molecule has 0 saturated carbocycles. The van der Waals surface area contributed by atoms with Crippen LogP contribution in [-0.4, -0.2) is 85.0 Å². The zero-order chi connectivity index (χ0) is 20.3. The minimum Gasteiger partial charge on any atom is -0.342 e. The lowest BCUT2D eigenvalue weighted by Crippen LogP contribution is -2.47. The first-order valence-electron chi connectivity index (χ1n) is 9.87. The van der Waals surface area contributed by atoms with Gasteiger partial charge in [-0.25, -0.2) is 13.4 Å². The number of rotatable bonds is 5. The Morgan fingerprint density at radius 1 is 1.14 bits per heavy atom. The van der Waals surface area contributed by atoms with Crippen LogP contribution in [0.15, 0.2) is 28.3 Å². The van der Waals surface area contributed by atoms with Crippen LogP contribution in [0.1, 0.15) is 26.7 Å². The van der Waals surface area contributed by atoms with Crippen LogP contribution >= 0.6 is 11.8 Å². The van der Waals surface area contributed by atoms with Crippen LogP contribution in [-0.2, 0) is 14.8 Å². The molecule has 0 bridgehead atoms. The second-order valence-corrected chi connectivity index (χ2v) is 11.1. The second kappa shape index (κ2) is 9.11. The van der Waals surface area contributed by atoms with Crippen LogP contribution < -0.4 is 0 Å². The van der Waals surface area contributed by atoms with Crippen LogP contribution in [0.25, 0.3) is 0 Å². The average molecular weight is 427 g/mol. The third-order valence-corrected chi connectivity index (χ3v) is 8.47. The van der Waals surface area contributed by atoms with Crippen molar-refractivity contribution in [1.29, 1.82) is 0 Å². The highest BCUT2D eigenvalue weighted by Crippen LogP contribution is 2.26. The number of likely N-dealkylation sites (tertiary alicyclic amines) is 1.